The highest BCUT2D eigenvalue weighted by Gasteiger charge is 2.20. The molecule has 0 saturated carbocycles. The molecular formula is C22H14BrCl2NO2S. The van der Waals surface area contributed by atoms with Crippen LogP contribution in [0.15, 0.2) is 74.9 Å². The van der Waals surface area contributed by atoms with Crippen molar-refractivity contribution < 1.29 is 9.53 Å². The van der Waals surface area contributed by atoms with Gasteiger partial charge in [0.1, 0.15) is 12.4 Å². The number of amides is 1. The number of benzene rings is 3. The van der Waals surface area contributed by atoms with Crippen molar-refractivity contribution in [2.75, 3.05) is 5.32 Å². The number of hydrogen-bond donors (Lipinski definition) is 1. The number of thioether (sulfide) groups is 1. The number of para-hydroxylation sites is 1. The van der Waals surface area contributed by atoms with E-state index in [9.17, 15) is 4.79 Å². The number of fused-ring (bicyclic) bond motifs is 1. The summed E-state index contributed by atoms with van der Waals surface area (Å²) in [7, 11) is 0. The molecule has 0 spiro atoms. The molecule has 1 heterocycles. The molecule has 1 aliphatic heterocycles. The SMILES string of the molecule is O=C1Nc2ccccc2S/C1=C\c1ccc(OCc2ccc(Cl)cc2Cl)c(Br)c1. The largest absolute Gasteiger partial charge is 0.488 e. The summed E-state index contributed by atoms with van der Waals surface area (Å²) in [6, 6.07) is 18.7. The molecule has 0 aromatic heterocycles. The number of ether oxygens (including phenoxy) is 1. The van der Waals surface area contributed by atoms with E-state index in [-0.39, 0.29) is 5.91 Å². The monoisotopic (exact) mass is 505 g/mol. The van der Waals surface area contributed by atoms with E-state index in [1.165, 1.54) is 11.8 Å². The molecule has 29 heavy (non-hydrogen) atoms. The molecule has 3 nitrogen and oxygen atoms in total. The van der Waals surface area contributed by atoms with Crippen LogP contribution in [-0.2, 0) is 11.4 Å². The Morgan fingerprint density at radius 1 is 1.07 bits per heavy atom. The van der Waals surface area contributed by atoms with Crippen LogP contribution in [0.4, 0.5) is 5.69 Å². The van der Waals surface area contributed by atoms with Gasteiger partial charge in [0, 0.05) is 20.5 Å². The Labute approximate surface area is 191 Å². The molecule has 4 rings (SSSR count). The van der Waals surface area contributed by atoms with Gasteiger partial charge < -0.3 is 10.1 Å². The highest BCUT2D eigenvalue weighted by molar-refractivity contribution is 9.10. The molecule has 0 radical (unpaired) electrons. The third-order valence-electron chi connectivity index (χ3n) is 4.23. The molecule has 0 unspecified atom stereocenters. The van der Waals surface area contributed by atoms with Crippen molar-refractivity contribution >= 4 is 68.6 Å². The van der Waals surface area contributed by atoms with Crippen LogP contribution < -0.4 is 10.1 Å². The first-order valence-electron chi connectivity index (χ1n) is 8.66. The summed E-state index contributed by atoms with van der Waals surface area (Å²) in [5, 5.41) is 4.07. The van der Waals surface area contributed by atoms with Gasteiger partial charge in [-0.25, -0.2) is 0 Å². The average molecular weight is 507 g/mol. The minimum absolute atomic E-state index is 0.109. The highest BCUT2D eigenvalue weighted by Crippen LogP contribution is 2.39. The smallest absolute Gasteiger partial charge is 0.262 e. The van der Waals surface area contributed by atoms with E-state index in [1.807, 2.05) is 54.6 Å². The predicted octanol–water partition coefficient (Wildman–Crippen LogP) is 7.42. The van der Waals surface area contributed by atoms with Crippen LogP contribution in [0.1, 0.15) is 11.1 Å². The van der Waals surface area contributed by atoms with Crippen LogP contribution in [0, 0.1) is 0 Å². The molecule has 1 amide bonds. The average Bonchev–Trinajstić information content (AvgIpc) is 2.69. The fourth-order valence-corrected chi connectivity index (χ4v) is 4.70. The van der Waals surface area contributed by atoms with Crippen molar-refractivity contribution in [2.45, 2.75) is 11.5 Å². The zero-order valence-corrected chi connectivity index (χ0v) is 18.8. The third kappa shape index (κ3) is 4.81. The van der Waals surface area contributed by atoms with E-state index < -0.39 is 0 Å². The van der Waals surface area contributed by atoms with E-state index >= 15 is 0 Å². The summed E-state index contributed by atoms with van der Waals surface area (Å²) < 4.78 is 6.67. The number of nitrogens with one attached hydrogen (secondary N) is 1. The molecule has 0 saturated heterocycles. The van der Waals surface area contributed by atoms with Crippen LogP contribution in [0.3, 0.4) is 0 Å². The Kier molecular flexibility index (Phi) is 6.20. The van der Waals surface area contributed by atoms with Crippen molar-refractivity contribution in [3.8, 4) is 5.75 Å². The first-order chi connectivity index (χ1) is 14.0. The van der Waals surface area contributed by atoms with E-state index in [4.69, 9.17) is 27.9 Å². The molecule has 3 aromatic rings. The summed E-state index contributed by atoms with van der Waals surface area (Å²) in [6.07, 6.45) is 1.86. The Morgan fingerprint density at radius 2 is 1.90 bits per heavy atom. The van der Waals surface area contributed by atoms with Gasteiger partial charge in [-0.1, -0.05) is 59.2 Å². The zero-order valence-electron chi connectivity index (χ0n) is 14.9. The second-order valence-corrected chi connectivity index (χ2v) is 9.06. The van der Waals surface area contributed by atoms with Crippen molar-refractivity contribution in [3.63, 3.8) is 0 Å². The van der Waals surface area contributed by atoms with Gasteiger partial charge in [0.05, 0.1) is 15.1 Å². The maximum atomic E-state index is 12.4. The van der Waals surface area contributed by atoms with Crippen LogP contribution in [-0.4, -0.2) is 5.91 Å². The minimum Gasteiger partial charge on any atom is -0.488 e. The van der Waals surface area contributed by atoms with Crippen LogP contribution in [0.25, 0.3) is 6.08 Å². The fourth-order valence-electron chi connectivity index (χ4n) is 2.77. The van der Waals surface area contributed by atoms with E-state index in [0.29, 0.717) is 27.3 Å². The van der Waals surface area contributed by atoms with Gasteiger partial charge in [0.25, 0.3) is 5.91 Å². The third-order valence-corrected chi connectivity index (χ3v) is 6.54. The number of hydrogen-bond acceptors (Lipinski definition) is 3. The summed E-state index contributed by atoms with van der Waals surface area (Å²) >= 11 is 17.1. The zero-order chi connectivity index (χ0) is 20.4. The Balaban J connectivity index is 1.50. The van der Waals surface area contributed by atoms with Gasteiger partial charge in [-0.2, -0.15) is 0 Å². The quantitative estimate of drug-likeness (QED) is 0.374. The lowest BCUT2D eigenvalue weighted by molar-refractivity contribution is -0.112. The van der Waals surface area contributed by atoms with Crippen LogP contribution in [0.2, 0.25) is 10.0 Å². The summed E-state index contributed by atoms with van der Waals surface area (Å²) in [5.41, 5.74) is 2.58. The van der Waals surface area contributed by atoms with Crippen molar-refractivity contribution in [1.29, 1.82) is 0 Å². The normalized spacial score (nSPS) is 14.4. The standard InChI is InChI=1S/C22H14BrCl2NO2S/c23-16-9-13(10-21-22(27)26-18-3-1-2-4-20(18)29-21)5-8-19(16)28-12-14-6-7-15(24)11-17(14)25/h1-11H,12H2,(H,26,27)/b21-10-. The molecule has 0 bridgehead atoms. The molecule has 0 aliphatic carbocycles. The molecule has 3 aromatic carbocycles. The van der Waals surface area contributed by atoms with Gasteiger partial charge >= 0.3 is 0 Å². The molecular weight excluding hydrogens is 493 g/mol. The number of carbonyl (C=O) groups excluding carboxylic acids is 1. The van der Waals surface area contributed by atoms with Crippen molar-refractivity contribution in [2.24, 2.45) is 0 Å². The predicted molar refractivity (Wildman–Crippen MR) is 124 cm³/mol. The molecule has 146 valence electrons. The minimum atomic E-state index is -0.109. The Morgan fingerprint density at radius 3 is 2.69 bits per heavy atom. The van der Waals surface area contributed by atoms with Gasteiger partial charge in [0.15, 0.2) is 0 Å². The van der Waals surface area contributed by atoms with E-state index in [1.54, 1.807) is 12.1 Å². The second kappa shape index (κ2) is 8.84. The second-order valence-electron chi connectivity index (χ2n) is 6.28. The van der Waals surface area contributed by atoms with Crippen LogP contribution >= 0.6 is 50.9 Å². The van der Waals surface area contributed by atoms with Gasteiger partial charge in [-0.15, -0.1) is 0 Å². The number of rotatable bonds is 4. The lowest BCUT2D eigenvalue weighted by Crippen LogP contribution is -2.17. The summed E-state index contributed by atoms with van der Waals surface area (Å²) in [5.74, 6) is 0.576. The molecule has 1 N–H and O–H groups in total. The lowest BCUT2D eigenvalue weighted by Gasteiger charge is -2.18. The van der Waals surface area contributed by atoms with Crippen molar-refractivity contribution in [1.82, 2.24) is 0 Å². The fraction of sp³-hybridized carbons (Fsp3) is 0.0455. The van der Waals surface area contributed by atoms with Crippen LogP contribution in [0.5, 0.6) is 5.75 Å². The molecule has 0 atom stereocenters. The van der Waals surface area contributed by atoms with Gasteiger partial charge in [-0.05, 0) is 64.0 Å². The lowest BCUT2D eigenvalue weighted by atomic mass is 10.2. The van der Waals surface area contributed by atoms with Gasteiger partial charge in [0.2, 0.25) is 0 Å². The molecule has 7 heteroatoms. The van der Waals surface area contributed by atoms with E-state index in [0.717, 1.165) is 26.2 Å². The molecule has 0 fully saturated rings. The molecule has 1 aliphatic rings. The first-order valence-corrected chi connectivity index (χ1v) is 11.0. The summed E-state index contributed by atoms with van der Waals surface area (Å²) in [6.45, 7) is 0.323. The topological polar surface area (TPSA) is 38.3 Å². The number of halogens is 3. The maximum absolute atomic E-state index is 12.4. The highest BCUT2D eigenvalue weighted by atomic mass is 79.9. The first kappa shape index (κ1) is 20.4. The van der Waals surface area contributed by atoms with Gasteiger partial charge in [-0.3, -0.25) is 4.79 Å². The Hall–Kier alpha value is -1.92. The summed E-state index contributed by atoms with van der Waals surface area (Å²) in [4.78, 5) is 14.0. The Bertz CT molecular complexity index is 1130. The van der Waals surface area contributed by atoms with E-state index in [2.05, 4.69) is 21.2 Å². The van der Waals surface area contributed by atoms with Crippen molar-refractivity contribution in [3.05, 3.63) is 91.2 Å². The number of carbonyl (C=O) groups is 1. The maximum Gasteiger partial charge on any atom is 0.262 e. The number of anilines is 1.